The predicted octanol–water partition coefficient (Wildman–Crippen LogP) is 7.97. The van der Waals surface area contributed by atoms with Gasteiger partial charge in [0.1, 0.15) is 114 Å². The van der Waals surface area contributed by atoms with Gasteiger partial charge in [0.05, 0.1) is 17.1 Å². The maximum atomic E-state index is 8.82. The van der Waals surface area contributed by atoms with Crippen LogP contribution in [0.2, 0.25) is 0 Å². The molecule has 3 heterocycles. The highest BCUT2D eigenvalue weighted by atomic mass is 32.3. The van der Waals surface area contributed by atoms with Gasteiger partial charge in [0.25, 0.3) is 0 Å². The van der Waals surface area contributed by atoms with Crippen LogP contribution in [0.1, 0.15) is 11.5 Å². The van der Waals surface area contributed by atoms with Crippen LogP contribution in [-0.4, -0.2) is 123 Å². The Bertz CT molecular complexity index is 5750. The smallest absolute Gasteiger partial charge is 0.162 e. The minimum atomic E-state index is -3.15. The second-order valence-electron chi connectivity index (χ2n) is 26.8. The van der Waals surface area contributed by atoms with Crippen molar-refractivity contribution in [1.82, 2.24) is 14.5 Å². The minimum Gasteiger partial charge on any atom is -0.318 e. The van der Waals surface area contributed by atoms with Gasteiger partial charge in [-0.3, -0.25) is 4.57 Å². The van der Waals surface area contributed by atoms with Crippen LogP contribution < -0.4 is 75.9 Å². The second-order valence-corrected chi connectivity index (χ2v) is 32.9. The molecule has 0 N–H and O–H groups in total. The lowest BCUT2D eigenvalue weighted by Crippen LogP contribution is -2.55. The normalized spacial score (nSPS) is 14.3. The van der Waals surface area contributed by atoms with E-state index in [-0.39, 0.29) is 88.8 Å². The highest BCUT2D eigenvalue weighted by Gasteiger charge is 2.45. The van der Waals surface area contributed by atoms with Gasteiger partial charge < -0.3 is 4.90 Å². The maximum Gasteiger partial charge on any atom is 0.162 e. The third-order valence-electron chi connectivity index (χ3n) is 21.0. The number of rotatable bonds is 14. The lowest BCUT2D eigenvalue weighted by Gasteiger charge is -2.49. The molecule has 0 saturated heterocycles. The quantitative estimate of drug-likeness (QED) is 0.104. The van der Waals surface area contributed by atoms with Crippen LogP contribution in [0.3, 0.4) is 0 Å². The first-order chi connectivity index (χ1) is 52.0. The summed E-state index contributed by atoms with van der Waals surface area (Å²) < 4.78 is 2.21. The molecule has 15 aromatic rings. The monoisotopic (exact) mass is 1370 g/mol. The van der Waals surface area contributed by atoms with Crippen molar-refractivity contribution in [3.05, 3.63) is 303 Å². The molecule has 0 amide bonds. The van der Waals surface area contributed by atoms with Crippen LogP contribution in [0.15, 0.2) is 336 Å². The number of anilines is 2. The third kappa shape index (κ3) is 11.0. The molecule has 474 valence electrons. The van der Waals surface area contributed by atoms with Gasteiger partial charge >= 0.3 is 0 Å². The molecule has 17 rings (SSSR count). The van der Waals surface area contributed by atoms with E-state index in [9.17, 15) is 0 Å². The van der Waals surface area contributed by atoms with Gasteiger partial charge in [0, 0.05) is 63.4 Å². The molecule has 0 saturated carbocycles. The molecule has 26 radical (unpaired) electrons. The van der Waals surface area contributed by atoms with Gasteiger partial charge in [0.2, 0.25) is 0 Å². The molecule has 2 unspecified atom stereocenters. The molecular formula is C88H51B13N4S2. The fraction of sp³-hybridized carbons (Fsp3) is 0.0227. The molecule has 2 aliphatic rings. The van der Waals surface area contributed by atoms with E-state index in [1.165, 1.54) is 0 Å². The van der Waals surface area contributed by atoms with Gasteiger partial charge in [0.15, 0.2) is 5.82 Å². The van der Waals surface area contributed by atoms with E-state index in [4.69, 9.17) is 112 Å². The van der Waals surface area contributed by atoms with Gasteiger partial charge in [-0.2, -0.15) is 0 Å². The Morgan fingerprint density at radius 2 is 0.654 bits per heavy atom. The number of para-hydroxylation sites is 2. The topological polar surface area (TPSA) is 34.0 Å². The van der Waals surface area contributed by atoms with Gasteiger partial charge in [-0.25, -0.2) is 9.97 Å². The van der Waals surface area contributed by atoms with Crippen LogP contribution in [0.4, 0.5) is 11.5 Å². The van der Waals surface area contributed by atoms with E-state index in [1.54, 1.807) is 0 Å². The SMILES string of the molecule is [B]c1c([B])c([B])c(-c2cccc(S(c3ccccc3)(c3ccccc3)c3c([B])c(-c4nc(N5c6ccc(-c7ccccc7)cc6C6C=CC=CC65)cc(-n5c6ccccc6c6ccccc65)n4)c([B])c(S(c4ccccc4)(c4ccccc4)c4cccc(-c5c([B])c([B])c([B])c([B])c5[B])c4)c3[B])c2)c([B])c1[B]. The first-order valence-corrected chi connectivity index (χ1v) is 38.1. The summed E-state index contributed by atoms with van der Waals surface area (Å²) in [6.45, 7) is 0. The maximum absolute atomic E-state index is 8.82. The van der Waals surface area contributed by atoms with Gasteiger partial charge in [-0.15, -0.1) is 52.8 Å². The molecule has 0 bridgehead atoms. The van der Waals surface area contributed by atoms with E-state index in [0.717, 1.165) is 73.6 Å². The zero-order valence-corrected chi connectivity index (χ0v) is 59.7. The Morgan fingerprint density at radius 1 is 0.280 bits per heavy atom. The first-order valence-electron chi connectivity index (χ1n) is 34.9. The Kier molecular flexibility index (Phi) is 18.0. The summed E-state index contributed by atoms with van der Waals surface area (Å²) in [7, 11) is 88.2. The Hall–Kier alpha value is -10.4. The Balaban J connectivity index is 1.08. The van der Waals surface area contributed by atoms with Crippen molar-refractivity contribution in [2.45, 2.75) is 51.1 Å². The van der Waals surface area contributed by atoms with E-state index >= 15 is 0 Å². The Labute approximate surface area is 645 Å². The Morgan fingerprint density at radius 3 is 1.10 bits per heavy atom. The molecule has 2 atom stereocenters. The highest BCUT2D eigenvalue weighted by Crippen LogP contribution is 2.76. The van der Waals surface area contributed by atoms with E-state index in [2.05, 4.69) is 204 Å². The molecule has 2 aromatic heterocycles. The van der Waals surface area contributed by atoms with Crippen molar-refractivity contribution in [2.24, 2.45) is 0 Å². The fourth-order valence-corrected chi connectivity index (χ4v) is 24.3. The molecular weight excluding hydrogens is 1320 g/mol. The molecule has 0 spiro atoms. The van der Waals surface area contributed by atoms with Gasteiger partial charge in [-0.1, -0.05) is 232 Å². The van der Waals surface area contributed by atoms with E-state index in [0.29, 0.717) is 49.2 Å². The summed E-state index contributed by atoms with van der Waals surface area (Å²) in [6, 6.07) is 93.1. The molecule has 19 heteroatoms. The molecule has 1 aliphatic carbocycles. The van der Waals surface area contributed by atoms with Crippen LogP contribution in [0.5, 0.6) is 0 Å². The summed E-state index contributed by atoms with van der Waals surface area (Å²) in [6.07, 6.45) is 8.76. The second kappa shape index (κ2) is 27.7. The summed E-state index contributed by atoms with van der Waals surface area (Å²) in [5, 5.41) is 2.06. The van der Waals surface area contributed by atoms with Gasteiger partial charge in [-0.05, 0) is 146 Å². The van der Waals surface area contributed by atoms with Crippen LogP contribution in [0.25, 0.3) is 72.4 Å². The van der Waals surface area contributed by atoms with Crippen molar-refractivity contribution in [1.29, 1.82) is 0 Å². The third-order valence-corrected chi connectivity index (χ3v) is 28.9. The summed E-state index contributed by atoms with van der Waals surface area (Å²) in [5.41, 5.74) is 10.4. The summed E-state index contributed by atoms with van der Waals surface area (Å²) in [4.78, 5) is 20.2. The number of fused-ring (bicyclic) bond motifs is 6. The van der Waals surface area contributed by atoms with Crippen molar-refractivity contribution in [3.8, 4) is 50.6 Å². The number of benzene rings is 13. The zero-order chi connectivity index (χ0) is 73.7. The standard InChI is InChI=1S/C88H51B13N4S2/c89-73-70(74(90)80(96)83(99)79(73)95)52-26-22-36-58(46-52)106(54-28-8-2-9-29-54,55-30-10-3-11-31-55)86-77(93)72(78(94)87(85(86)101)107(56-32-12-4-13-33-56,57-34-14-5-15-35-57)59-37-23-27-53(47-59)71-75(91)81(97)84(100)82(98)76(71)92)88-102-68(104-64-41-19-16-38-60(64)61-39-17-20-42-65(61)104)49-69(103-88)105-66-43-21-18-40-62(66)63-48-51(44-45-67(63)105)50-24-6-1-7-25-50/h1-49,62,66H. The number of aromatic nitrogens is 3. The summed E-state index contributed by atoms with van der Waals surface area (Å²) in [5.74, 6) is 1.26. The van der Waals surface area contributed by atoms with E-state index in [1.807, 2.05) is 103 Å². The van der Waals surface area contributed by atoms with Crippen LogP contribution in [-0.2, 0) is 0 Å². The lowest BCUT2D eigenvalue weighted by molar-refractivity contribution is 0.737. The van der Waals surface area contributed by atoms with Crippen molar-refractivity contribution >= 4 is 226 Å². The van der Waals surface area contributed by atoms with Crippen molar-refractivity contribution < 1.29 is 0 Å². The lowest BCUT2D eigenvalue weighted by atomic mass is 9.60. The molecule has 4 nitrogen and oxygen atoms in total. The summed E-state index contributed by atoms with van der Waals surface area (Å²) >= 11 is 0. The van der Waals surface area contributed by atoms with Crippen LogP contribution >= 0.6 is 20.1 Å². The predicted molar refractivity (Wildman–Crippen MR) is 462 cm³/mol. The average molecular weight is 1370 g/mol. The van der Waals surface area contributed by atoms with Crippen LogP contribution in [0, 0.1) is 0 Å². The van der Waals surface area contributed by atoms with Crippen molar-refractivity contribution in [3.63, 3.8) is 0 Å². The number of hydrogen-bond acceptors (Lipinski definition) is 3. The molecule has 1 aliphatic heterocycles. The number of nitrogens with zero attached hydrogens (tertiary/aromatic N) is 4. The number of hydrogen-bond donors (Lipinski definition) is 0. The van der Waals surface area contributed by atoms with Crippen molar-refractivity contribution in [2.75, 3.05) is 4.90 Å². The van der Waals surface area contributed by atoms with E-state index < -0.39 is 20.1 Å². The molecule has 107 heavy (non-hydrogen) atoms. The highest BCUT2D eigenvalue weighted by molar-refractivity contribution is 8.35. The first kappa shape index (κ1) is 69.6. The fourth-order valence-electron chi connectivity index (χ4n) is 16.1. The largest absolute Gasteiger partial charge is 0.318 e. The molecule has 0 fully saturated rings. The molecule has 13 aromatic carbocycles. The zero-order valence-electron chi connectivity index (χ0n) is 58.1. The number of allylic oxidation sites excluding steroid dienone is 2. The minimum absolute atomic E-state index is 0.0780. The average Bonchev–Trinajstić information content (AvgIpc) is 1.40.